The molecule has 41 heavy (non-hydrogen) atoms. The number of hydrogen-bond acceptors (Lipinski definition) is 4. The fraction of sp³-hybridized carbons (Fsp3) is 0.353. The number of carbonyl (C=O) groups excluding carboxylic acids is 2. The summed E-state index contributed by atoms with van der Waals surface area (Å²) in [6, 6.07) is 25.7. The minimum absolute atomic E-state index is 0.238. The van der Waals surface area contributed by atoms with E-state index in [0.717, 1.165) is 46.4 Å². The first-order chi connectivity index (χ1) is 19.8. The minimum atomic E-state index is -0.521. The third-order valence-electron chi connectivity index (χ3n) is 7.39. The molecule has 0 aliphatic carbocycles. The topological polar surface area (TPSA) is 75.6 Å². The lowest BCUT2D eigenvalue weighted by Gasteiger charge is -2.33. The summed E-state index contributed by atoms with van der Waals surface area (Å²) in [6.45, 7) is 7.64. The molecule has 1 aliphatic rings. The largest absolute Gasteiger partial charge is 0.460 e. The number of aryl methyl sites for hydroxylation is 1. The number of urea groups is 1. The smallest absolute Gasteiger partial charge is 0.334 e. The van der Waals surface area contributed by atoms with E-state index in [9.17, 15) is 9.59 Å². The second kappa shape index (κ2) is 12.5. The summed E-state index contributed by atoms with van der Waals surface area (Å²) in [7, 11) is 0. The molecule has 0 spiro atoms. The summed E-state index contributed by atoms with van der Waals surface area (Å²) in [5.74, 6) is -0.238. The molecule has 3 aromatic carbocycles. The molecule has 5 rings (SSSR count). The Morgan fingerprint density at radius 2 is 1.56 bits per heavy atom. The molecule has 7 heteroatoms. The summed E-state index contributed by atoms with van der Waals surface area (Å²) in [4.78, 5) is 28.4. The number of anilines is 1. The molecule has 1 atom stereocenters. The van der Waals surface area contributed by atoms with Gasteiger partial charge in [-0.1, -0.05) is 66.7 Å². The van der Waals surface area contributed by atoms with Crippen molar-refractivity contribution in [3.8, 4) is 0 Å². The van der Waals surface area contributed by atoms with E-state index in [1.165, 1.54) is 19.3 Å². The Labute approximate surface area is 242 Å². The van der Waals surface area contributed by atoms with E-state index in [4.69, 9.17) is 4.74 Å². The monoisotopic (exact) mass is 552 g/mol. The first-order valence-electron chi connectivity index (χ1n) is 14.6. The van der Waals surface area contributed by atoms with Gasteiger partial charge in [-0.25, -0.2) is 10.2 Å². The fourth-order valence-electron chi connectivity index (χ4n) is 5.58. The number of hydrogen-bond donors (Lipinski definition) is 2. The number of nitrogens with one attached hydrogen (secondary N) is 2. The number of rotatable bonds is 8. The Bertz CT molecular complexity index is 1480. The highest BCUT2D eigenvalue weighted by atomic mass is 16.6. The van der Waals surface area contributed by atoms with Crippen molar-refractivity contribution in [3.63, 3.8) is 0 Å². The second-order valence-electron chi connectivity index (χ2n) is 11.7. The SMILES string of the molecule is CC(C)(C)OC(=O)CCc1cn(NC(=O)NC(c2ccccc2)c2ccccc2N2CCCCC2)c2ccccc12. The van der Waals surface area contributed by atoms with Crippen LogP contribution in [0, 0.1) is 0 Å². The number of esters is 1. The Kier molecular flexibility index (Phi) is 8.62. The third-order valence-corrected chi connectivity index (χ3v) is 7.39. The Morgan fingerprint density at radius 3 is 2.32 bits per heavy atom. The van der Waals surface area contributed by atoms with E-state index in [1.54, 1.807) is 4.68 Å². The Balaban J connectivity index is 1.39. The van der Waals surface area contributed by atoms with Crippen LogP contribution in [0.5, 0.6) is 0 Å². The molecule has 214 valence electrons. The first kappa shape index (κ1) is 28.3. The molecule has 1 unspecified atom stereocenters. The predicted octanol–water partition coefficient (Wildman–Crippen LogP) is 6.95. The summed E-state index contributed by atoms with van der Waals surface area (Å²) in [5, 5.41) is 4.25. The van der Waals surface area contributed by atoms with E-state index in [1.807, 2.05) is 75.5 Å². The summed E-state index contributed by atoms with van der Waals surface area (Å²) < 4.78 is 7.24. The number of benzene rings is 3. The lowest BCUT2D eigenvalue weighted by Crippen LogP contribution is -2.38. The predicted molar refractivity (Wildman–Crippen MR) is 165 cm³/mol. The highest BCUT2D eigenvalue weighted by Crippen LogP contribution is 2.32. The highest BCUT2D eigenvalue weighted by Gasteiger charge is 2.24. The van der Waals surface area contributed by atoms with Gasteiger partial charge in [0.2, 0.25) is 0 Å². The summed E-state index contributed by atoms with van der Waals surface area (Å²) in [6.07, 6.45) is 6.28. The molecule has 0 radical (unpaired) electrons. The molecule has 1 saturated heterocycles. The number of carbonyl (C=O) groups is 2. The summed E-state index contributed by atoms with van der Waals surface area (Å²) in [5.41, 5.74) is 7.61. The van der Waals surface area contributed by atoms with Gasteiger partial charge in [0.15, 0.2) is 0 Å². The maximum absolute atomic E-state index is 13.6. The number of para-hydroxylation sites is 2. The molecule has 1 aromatic heterocycles. The van der Waals surface area contributed by atoms with Crippen molar-refractivity contribution in [1.82, 2.24) is 9.99 Å². The fourth-order valence-corrected chi connectivity index (χ4v) is 5.58. The molecule has 2 amide bonds. The van der Waals surface area contributed by atoms with Gasteiger partial charge in [-0.2, -0.15) is 0 Å². The normalized spacial score (nSPS) is 14.5. The van der Waals surface area contributed by atoms with Crippen LogP contribution in [0.2, 0.25) is 0 Å². The van der Waals surface area contributed by atoms with Gasteiger partial charge in [0.1, 0.15) is 5.60 Å². The standard InChI is InChI=1S/C34H40N4O3/c1-34(2,3)41-31(39)21-20-26-24-38(30-19-11-8-16-27(26)30)36-33(40)35-32(25-14-6-4-7-15-25)28-17-9-10-18-29(28)37-22-12-5-13-23-37/h4,6-11,14-19,24,32H,5,12-13,20-23H2,1-3H3,(H2,35,36,40). The zero-order chi connectivity index (χ0) is 28.8. The number of aromatic nitrogens is 1. The van der Waals surface area contributed by atoms with Crippen LogP contribution in [0.25, 0.3) is 10.9 Å². The first-order valence-corrected chi connectivity index (χ1v) is 14.6. The van der Waals surface area contributed by atoms with Crippen LogP contribution in [-0.2, 0) is 16.0 Å². The van der Waals surface area contributed by atoms with Crippen molar-refractivity contribution in [2.45, 2.75) is 64.5 Å². The van der Waals surface area contributed by atoms with Crippen molar-refractivity contribution in [1.29, 1.82) is 0 Å². The zero-order valence-electron chi connectivity index (χ0n) is 24.2. The van der Waals surface area contributed by atoms with Gasteiger partial charge in [-0.15, -0.1) is 0 Å². The van der Waals surface area contributed by atoms with Gasteiger partial charge in [-0.05, 0) is 69.7 Å². The van der Waals surface area contributed by atoms with Gasteiger partial charge >= 0.3 is 12.0 Å². The van der Waals surface area contributed by atoms with Gasteiger partial charge in [0.25, 0.3) is 0 Å². The Hall–Kier alpha value is -4.26. The minimum Gasteiger partial charge on any atom is -0.460 e. The number of amides is 2. The molecule has 0 saturated carbocycles. The number of fused-ring (bicyclic) bond motifs is 1. The van der Waals surface area contributed by atoms with Crippen LogP contribution in [0.3, 0.4) is 0 Å². The third kappa shape index (κ3) is 7.09. The number of piperidine rings is 1. The van der Waals surface area contributed by atoms with Crippen LogP contribution in [0.4, 0.5) is 10.5 Å². The maximum Gasteiger partial charge on any atom is 0.334 e. The van der Waals surface area contributed by atoms with E-state index in [2.05, 4.69) is 46.0 Å². The van der Waals surface area contributed by atoms with Crippen molar-refractivity contribution in [3.05, 3.63) is 102 Å². The van der Waals surface area contributed by atoms with Gasteiger partial charge in [-0.3, -0.25) is 9.47 Å². The molecule has 4 aromatic rings. The molecule has 2 N–H and O–H groups in total. The molecule has 1 aliphatic heterocycles. The second-order valence-corrected chi connectivity index (χ2v) is 11.7. The number of ether oxygens (including phenoxy) is 1. The molecule has 2 heterocycles. The van der Waals surface area contributed by atoms with Gasteiger partial charge in [0.05, 0.1) is 11.6 Å². The molecular weight excluding hydrogens is 512 g/mol. The van der Waals surface area contributed by atoms with E-state index in [-0.39, 0.29) is 24.5 Å². The van der Waals surface area contributed by atoms with Gasteiger partial charge < -0.3 is 15.0 Å². The molecular formula is C34H40N4O3. The molecule has 7 nitrogen and oxygen atoms in total. The average molecular weight is 553 g/mol. The number of nitrogens with zero attached hydrogens (tertiary/aromatic N) is 2. The van der Waals surface area contributed by atoms with Crippen molar-refractivity contribution >= 4 is 28.6 Å². The lowest BCUT2D eigenvalue weighted by atomic mass is 9.96. The van der Waals surface area contributed by atoms with Crippen LogP contribution in [-0.4, -0.2) is 35.4 Å². The summed E-state index contributed by atoms with van der Waals surface area (Å²) >= 11 is 0. The lowest BCUT2D eigenvalue weighted by molar-refractivity contribution is -0.154. The van der Waals surface area contributed by atoms with Crippen LogP contribution >= 0.6 is 0 Å². The van der Waals surface area contributed by atoms with Crippen molar-refractivity contribution < 1.29 is 14.3 Å². The van der Waals surface area contributed by atoms with Crippen molar-refractivity contribution in [2.24, 2.45) is 0 Å². The highest BCUT2D eigenvalue weighted by molar-refractivity contribution is 5.89. The van der Waals surface area contributed by atoms with Crippen LogP contribution in [0.15, 0.2) is 85.1 Å². The maximum atomic E-state index is 13.6. The quantitative estimate of drug-likeness (QED) is 0.232. The van der Waals surface area contributed by atoms with E-state index >= 15 is 0 Å². The molecule has 0 bridgehead atoms. The molecule has 1 fully saturated rings. The van der Waals surface area contributed by atoms with Crippen molar-refractivity contribution in [2.75, 3.05) is 23.4 Å². The average Bonchev–Trinajstić information content (AvgIpc) is 3.32. The van der Waals surface area contributed by atoms with Crippen LogP contribution in [0.1, 0.15) is 69.2 Å². The van der Waals surface area contributed by atoms with E-state index < -0.39 is 5.60 Å². The Morgan fingerprint density at radius 1 is 0.878 bits per heavy atom. The van der Waals surface area contributed by atoms with E-state index in [0.29, 0.717) is 6.42 Å². The van der Waals surface area contributed by atoms with Gasteiger partial charge in [0, 0.05) is 42.3 Å². The van der Waals surface area contributed by atoms with Crippen LogP contribution < -0.4 is 15.6 Å². The zero-order valence-corrected chi connectivity index (χ0v) is 24.2.